The lowest BCUT2D eigenvalue weighted by Gasteiger charge is -2.33. The molecule has 0 radical (unpaired) electrons. The van der Waals surface area contributed by atoms with Gasteiger partial charge in [0.15, 0.2) is 0 Å². The van der Waals surface area contributed by atoms with Crippen LogP contribution >= 0.6 is 22.6 Å². The van der Waals surface area contributed by atoms with Crippen molar-refractivity contribution in [2.45, 2.75) is 32.0 Å². The van der Waals surface area contributed by atoms with Crippen LogP contribution in [0.4, 0.5) is 0 Å². The van der Waals surface area contributed by atoms with Gasteiger partial charge in [-0.25, -0.2) is 0 Å². The number of ether oxygens (including phenoxy) is 2. The van der Waals surface area contributed by atoms with Crippen LogP contribution in [0.1, 0.15) is 31.2 Å². The van der Waals surface area contributed by atoms with Crippen LogP contribution in [0.3, 0.4) is 0 Å². The summed E-state index contributed by atoms with van der Waals surface area (Å²) in [5.41, 5.74) is 3.92. The first kappa shape index (κ1) is 13.2. The quantitative estimate of drug-likeness (QED) is 0.707. The monoisotopic (exact) mass is 368 g/mol. The Morgan fingerprint density at radius 3 is 2.63 bits per heavy atom. The first-order chi connectivity index (χ1) is 9.31. The average Bonchev–Trinajstić information content (AvgIpc) is 2.49. The Kier molecular flexibility index (Phi) is 3.93. The molecule has 3 heteroatoms. The van der Waals surface area contributed by atoms with Crippen molar-refractivity contribution in [3.8, 4) is 0 Å². The molecule has 1 unspecified atom stereocenters. The van der Waals surface area contributed by atoms with Gasteiger partial charge in [-0.15, -0.1) is 0 Å². The minimum Gasteiger partial charge on any atom is -0.459 e. The summed E-state index contributed by atoms with van der Waals surface area (Å²) in [4.78, 5) is 0. The average molecular weight is 368 g/mol. The summed E-state index contributed by atoms with van der Waals surface area (Å²) in [6.45, 7) is 0. The van der Waals surface area contributed by atoms with E-state index in [9.17, 15) is 0 Å². The van der Waals surface area contributed by atoms with Gasteiger partial charge in [-0.2, -0.15) is 0 Å². The number of halogens is 1. The van der Waals surface area contributed by atoms with Crippen LogP contribution in [-0.4, -0.2) is 13.4 Å². The Bertz CT molecular complexity index is 531. The zero-order chi connectivity index (χ0) is 13.2. The Balaban J connectivity index is 2.07. The van der Waals surface area contributed by atoms with Crippen molar-refractivity contribution in [2.24, 2.45) is 0 Å². The Morgan fingerprint density at radius 2 is 1.89 bits per heavy atom. The first-order valence-corrected chi connectivity index (χ1v) is 7.76. The van der Waals surface area contributed by atoms with Crippen molar-refractivity contribution in [3.05, 3.63) is 50.6 Å². The fourth-order valence-corrected chi connectivity index (χ4v) is 3.84. The molecule has 0 saturated heterocycles. The molecular formula is C16H17IO2. The van der Waals surface area contributed by atoms with E-state index in [0.29, 0.717) is 0 Å². The molecule has 1 aromatic carbocycles. The van der Waals surface area contributed by atoms with Crippen LogP contribution in [0.2, 0.25) is 0 Å². The van der Waals surface area contributed by atoms with Crippen molar-refractivity contribution in [1.82, 2.24) is 0 Å². The van der Waals surface area contributed by atoms with E-state index >= 15 is 0 Å². The summed E-state index contributed by atoms with van der Waals surface area (Å²) in [6.07, 6.45) is 4.55. The van der Waals surface area contributed by atoms with Crippen LogP contribution in [0.15, 0.2) is 45.1 Å². The van der Waals surface area contributed by atoms with E-state index in [4.69, 9.17) is 9.47 Å². The minimum absolute atomic E-state index is 0.205. The van der Waals surface area contributed by atoms with Gasteiger partial charge in [0.05, 0.1) is 3.58 Å². The second-order valence-electron chi connectivity index (χ2n) is 4.91. The molecule has 0 amide bonds. The van der Waals surface area contributed by atoms with Crippen LogP contribution in [-0.2, 0) is 9.47 Å². The highest BCUT2D eigenvalue weighted by Crippen LogP contribution is 2.44. The first-order valence-electron chi connectivity index (χ1n) is 6.68. The molecule has 19 heavy (non-hydrogen) atoms. The van der Waals surface area contributed by atoms with E-state index < -0.39 is 0 Å². The van der Waals surface area contributed by atoms with Crippen LogP contribution in [0, 0.1) is 0 Å². The maximum atomic E-state index is 6.10. The number of benzene rings is 1. The van der Waals surface area contributed by atoms with Crippen molar-refractivity contribution in [3.63, 3.8) is 0 Å². The molecule has 2 aliphatic rings. The van der Waals surface area contributed by atoms with Gasteiger partial charge in [0.1, 0.15) is 5.76 Å². The summed E-state index contributed by atoms with van der Waals surface area (Å²) in [6, 6.07) is 10.3. The molecule has 1 aliphatic carbocycles. The third-order valence-corrected chi connectivity index (χ3v) is 4.88. The van der Waals surface area contributed by atoms with Crippen LogP contribution in [0.25, 0.3) is 5.76 Å². The van der Waals surface area contributed by atoms with Gasteiger partial charge >= 0.3 is 0 Å². The third-order valence-electron chi connectivity index (χ3n) is 3.73. The predicted octanol–water partition coefficient (Wildman–Crippen LogP) is 4.66. The molecule has 1 aliphatic heterocycles. The Labute approximate surface area is 127 Å². The highest BCUT2D eigenvalue weighted by Gasteiger charge is 2.31. The van der Waals surface area contributed by atoms with Crippen LogP contribution < -0.4 is 0 Å². The molecule has 100 valence electrons. The molecule has 0 aromatic heterocycles. The van der Waals surface area contributed by atoms with Gasteiger partial charge < -0.3 is 9.47 Å². The normalized spacial score (nSPS) is 23.2. The standard InChI is InChI=1S/C16H17IO2/c1-18-16-13-10-6-5-9-12(13)14(17)15(19-16)11-7-3-2-4-8-11/h2-4,7-8,16H,5-6,9-10H2,1H3. The largest absolute Gasteiger partial charge is 0.459 e. The maximum absolute atomic E-state index is 6.10. The lowest BCUT2D eigenvalue weighted by atomic mass is 9.89. The molecule has 1 atom stereocenters. The maximum Gasteiger partial charge on any atom is 0.223 e. The van der Waals surface area contributed by atoms with E-state index in [0.717, 1.165) is 24.2 Å². The molecule has 2 nitrogen and oxygen atoms in total. The van der Waals surface area contributed by atoms with Crippen LogP contribution in [0.5, 0.6) is 0 Å². The fraction of sp³-hybridized carbons (Fsp3) is 0.375. The lowest BCUT2D eigenvalue weighted by molar-refractivity contribution is -0.0496. The Morgan fingerprint density at radius 1 is 1.16 bits per heavy atom. The molecule has 0 spiro atoms. The molecule has 0 fully saturated rings. The topological polar surface area (TPSA) is 18.5 Å². The number of hydrogen-bond donors (Lipinski definition) is 0. The molecule has 3 rings (SSSR count). The van der Waals surface area contributed by atoms with E-state index in [-0.39, 0.29) is 6.29 Å². The molecule has 1 aromatic rings. The Hall–Kier alpha value is -0.810. The van der Waals surface area contributed by atoms with Gasteiger partial charge in [0.25, 0.3) is 0 Å². The molecule has 1 heterocycles. The molecular weight excluding hydrogens is 351 g/mol. The number of rotatable bonds is 2. The molecule has 0 saturated carbocycles. The van der Waals surface area contributed by atoms with Gasteiger partial charge in [-0.05, 0) is 53.8 Å². The minimum atomic E-state index is -0.205. The van der Waals surface area contributed by atoms with Gasteiger partial charge in [-0.1, -0.05) is 30.3 Å². The second-order valence-corrected chi connectivity index (χ2v) is 5.98. The smallest absolute Gasteiger partial charge is 0.223 e. The number of hydrogen-bond acceptors (Lipinski definition) is 2. The molecule has 0 N–H and O–H groups in total. The van der Waals surface area contributed by atoms with Gasteiger partial charge in [0.2, 0.25) is 6.29 Å². The lowest BCUT2D eigenvalue weighted by Crippen LogP contribution is -2.25. The van der Waals surface area contributed by atoms with Crippen molar-refractivity contribution in [2.75, 3.05) is 7.11 Å². The van der Waals surface area contributed by atoms with E-state index in [1.807, 2.05) is 18.2 Å². The summed E-state index contributed by atoms with van der Waals surface area (Å²) in [7, 11) is 1.73. The van der Waals surface area contributed by atoms with E-state index in [1.54, 1.807) is 7.11 Å². The highest BCUT2D eigenvalue weighted by molar-refractivity contribution is 14.1. The van der Waals surface area contributed by atoms with E-state index in [1.165, 1.54) is 27.6 Å². The summed E-state index contributed by atoms with van der Waals surface area (Å²) in [5.74, 6) is 0.966. The highest BCUT2D eigenvalue weighted by atomic mass is 127. The SMILES string of the molecule is COC1OC(c2ccccc2)=C(I)C2=C1CCCC2. The fourth-order valence-electron chi connectivity index (χ4n) is 2.78. The van der Waals surface area contributed by atoms with Crippen molar-refractivity contribution >= 4 is 28.4 Å². The van der Waals surface area contributed by atoms with Gasteiger partial charge in [-0.3, -0.25) is 0 Å². The zero-order valence-electron chi connectivity index (χ0n) is 11.0. The van der Waals surface area contributed by atoms with Crippen molar-refractivity contribution < 1.29 is 9.47 Å². The zero-order valence-corrected chi connectivity index (χ0v) is 13.1. The summed E-state index contributed by atoms with van der Waals surface area (Å²) >= 11 is 2.42. The number of methoxy groups -OCH3 is 1. The third kappa shape index (κ3) is 2.46. The number of allylic oxidation sites excluding steroid dienone is 2. The second kappa shape index (κ2) is 5.67. The van der Waals surface area contributed by atoms with Crippen molar-refractivity contribution in [1.29, 1.82) is 0 Å². The predicted molar refractivity (Wildman–Crippen MR) is 84.8 cm³/mol. The van der Waals surface area contributed by atoms with E-state index in [2.05, 4.69) is 34.7 Å². The summed E-state index contributed by atoms with van der Waals surface area (Å²) in [5, 5.41) is 0. The molecule has 0 bridgehead atoms. The summed E-state index contributed by atoms with van der Waals surface area (Å²) < 4.78 is 12.9. The van der Waals surface area contributed by atoms with Gasteiger partial charge in [0, 0.05) is 18.2 Å².